The highest BCUT2D eigenvalue weighted by atomic mass is 35.5. The molecule has 3 nitrogen and oxygen atoms in total. The Balaban J connectivity index is 1.88. The molecule has 1 saturated heterocycles. The number of nitrogens with one attached hydrogen (secondary N) is 1. The minimum atomic E-state index is 0.582. The Morgan fingerprint density at radius 3 is 3.29 bits per heavy atom. The fourth-order valence-electron chi connectivity index (χ4n) is 1.54. The van der Waals surface area contributed by atoms with Crippen molar-refractivity contribution in [2.24, 2.45) is 5.92 Å². The smallest absolute Gasteiger partial charge is 0.141 e. The molecule has 1 unspecified atom stereocenters. The van der Waals surface area contributed by atoms with Gasteiger partial charge in [-0.2, -0.15) is 0 Å². The average Bonchev–Trinajstić information content (AvgIpc) is 2.69. The van der Waals surface area contributed by atoms with Crippen molar-refractivity contribution in [3.63, 3.8) is 0 Å². The topological polar surface area (TPSA) is 34.1 Å². The van der Waals surface area contributed by atoms with Gasteiger partial charge in [0.25, 0.3) is 0 Å². The van der Waals surface area contributed by atoms with E-state index in [1.165, 1.54) is 6.42 Å². The van der Waals surface area contributed by atoms with Gasteiger partial charge in [0.2, 0.25) is 0 Å². The van der Waals surface area contributed by atoms with E-state index in [2.05, 4.69) is 10.3 Å². The van der Waals surface area contributed by atoms with Crippen molar-refractivity contribution in [3.05, 3.63) is 23.5 Å². The van der Waals surface area contributed by atoms with Crippen LogP contribution in [0.25, 0.3) is 0 Å². The van der Waals surface area contributed by atoms with Crippen LogP contribution in [0.1, 0.15) is 6.42 Å². The van der Waals surface area contributed by atoms with Gasteiger partial charge in [-0.15, -0.1) is 0 Å². The first-order valence-corrected chi connectivity index (χ1v) is 5.17. The van der Waals surface area contributed by atoms with Gasteiger partial charge >= 0.3 is 0 Å². The molecule has 1 atom stereocenters. The first-order chi connectivity index (χ1) is 6.86. The number of pyridine rings is 1. The van der Waals surface area contributed by atoms with Gasteiger partial charge in [-0.25, -0.2) is 0 Å². The molecule has 0 aliphatic carbocycles. The van der Waals surface area contributed by atoms with Crippen molar-refractivity contribution in [3.8, 4) is 5.75 Å². The molecule has 0 bridgehead atoms. The van der Waals surface area contributed by atoms with Crippen LogP contribution in [-0.2, 0) is 0 Å². The van der Waals surface area contributed by atoms with Crippen LogP contribution in [0.5, 0.6) is 5.75 Å². The van der Waals surface area contributed by atoms with Crippen LogP contribution < -0.4 is 10.1 Å². The minimum absolute atomic E-state index is 0.582. The zero-order valence-corrected chi connectivity index (χ0v) is 8.63. The first-order valence-electron chi connectivity index (χ1n) is 4.79. The van der Waals surface area contributed by atoms with E-state index in [4.69, 9.17) is 16.3 Å². The van der Waals surface area contributed by atoms with Gasteiger partial charge in [-0.1, -0.05) is 11.6 Å². The van der Waals surface area contributed by atoms with E-state index in [0.717, 1.165) is 25.4 Å². The quantitative estimate of drug-likeness (QED) is 0.829. The lowest BCUT2D eigenvalue weighted by Gasteiger charge is -2.11. The van der Waals surface area contributed by atoms with Gasteiger partial charge in [0.15, 0.2) is 0 Å². The molecular formula is C10H13ClN2O. The highest BCUT2D eigenvalue weighted by Crippen LogP contribution is 2.23. The third-order valence-corrected chi connectivity index (χ3v) is 2.66. The molecule has 0 saturated carbocycles. The van der Waals surface area contributed by atoms with Gasteiger partial charge < -0.3 is 10.1 Å². The zero-order valence-electron chi connectivity index (χ0n) is 7.87. The van der Waals surface area contributed by atoms with Gasteiger partial charge in [-0.05, 0) is 13.0 Å². The third kappa shape index (κ3) is 2.36. The number of hydrogen-bond donors (Lipinski definition) is 1. The van der Waals surface area contributed by atoms with Gasteiger partial charge in [0.05, 0.1) is 6.61 Å². The molecule has 1 N–H and O–H groups in total. The van der Waals surface area contributed by atoms with Crippen LogP contribution >= 0.6 is 11.6 Å². The summed E-state index contributed by atoms with van der Waals surface area (Å²) in [4.78, 5) is 3.90. The number of nitrogens with zero attached hydrogens (tertiary/aromatic N) is 1. The summed E-state index contributed by atoms with van der Waals surface area (Å²) in [6.45, 7) is 2.87. The Labute approximate surface area is 88.4 Å². The lowest BCUT2D eigenvalue weighted by molar-refractivity contribution is 0.260. The molecule has 1 aromatic rings. The van der Waals surface area contributed by atoms with Gasteiger partial charge in [0.1, 0.15) is 10.8 Å². The Morgan fingerprint density at radius 1 is 1.64 bits per heavy atom. The van der Waals surface area contributed by atoms with Crippen LogP contribution in [0.15, 0.2) is 18.5 Å². The molecule has 1 aromatic heterocycles. The molecule has 1 aliphatic rings. The number of hydrogen-bond acceptors (Lipinski definition) is 3. The zero-order chi connectivity index (χ0) is 9.80. The monoisotopic (exact) mass is 212 g/mol. The molecule has 0 aromatic carbocycles. The molecule has 0 amide bonds. The fourth-order valence-corrected chi connectivity index (χ4v) is 1.72. The van der Waals surface area contributed by atoms with Crippen molar-refractivity contribution in [1.29, 1.82) is 0 Å². The number of ether oxygens (including phenoxy) is 1. The SMILES string of the molecule is Clc1cnccc1OCC1CCNC1. The molecule has 76 valence electrons. The van der Waals surface area contributed by atoms with Crippen LogP contribution in [-0.4, -0.2) is 24.7 Å². The van der Waals surface area contributed by atoms with Gasteiger partial charge in [0, 0.05) is 30.9 Å². The first kappa shape index (κ1) is 9.74. The van der Waals surface area contributed by atoms with E-state index >= 15 is 0 Å². The third-order valence-electron chi connectivity index (χ3n) is 2.37. The lowest BCUT2D eigenvalue weighted by atomic mass is 10.1. The molecule has 1 fully saturated rings. The summed E-state index contributed by atoms with van der Waals surface area (Å²) in [7, 11) is 0. The van der Waals surface area contributed by atoms with Gasteiger partial charge in [-0.3, -0.25) is 4.98 Å². The predicted molar refractivity (Wildman–Crippen MR) is 55.7 cm³/mol. The van der Waals surface area contributed by atoms with E-state index in [0.29, 0.717) is 10.9 Å². The summed E-state index contributed by atoms with van der Waals surface area (Å²) >= 11 is 5.91. The molecule has 2 heterocycles. The summed E-state index contributed by atoms with van der Waals surface area (Å²) in [6.07, 6.45) is 4.47. The van der Waals surface area contributed by atoms with Crippen molar-refractivity contribution < 1.29 is 4.74 Å². The molecule has 1 aliphatic heterocycles. The van der Waals surface area contributed by atoms with E-state index in [9.17, 15) is 0 Å². The normalized spacial score (nSPS) is 21.1. The highest BCUT2D eigenvalue weighted by Gasteiger charge is 2.15. The number of halogens is 1. The van der Waals surface area contributed by atoms with E-state index in [1.54, 1.807) is 18.5 Å². The van der Waals surface area contributed by atoms with E-state index < -0.39 is 0 Å². The fraction of sp³-hybridized carbons (Fsp3) is 0.500. The maximum atomic E-state index is 5.91. The van der Waals surface area contributed by atoms with Crippen molar-refractivity contribution in [2.45, 2.75) is 6.42 Å². The summed E-state index contributed by atoms with van der Waals surface area (Å²) in [6, 6.07) is 1.80. The largest absolute Gasteiger partial charge is 0.492 e. The molecule has 4 heteroatoms. The van der Waals surface area contributed by atoms with E-state index in [1.807, 2.05) is 0 Å². The Kier molecular flexibility index (Phi) is 3.22. The lowest BCUT2D eigenvalue weighted by Crippen LogP contribution is -2.15. The summed E-state index contributed by atoms with van der Waals surface area (Å²) in [5.41, 5.74) is 0. The Bertz CT molecular complexity index is 300. The van der Waals surface area contributed by atoms with Crippen LogP contribution in [0.2, 0.25) is 5.02 Å². The van der Waals surface area contributed by atoms with Crippen LogP contribution in [0.4, 0.5) is 0 Å². The van der Waals surface area contributed by atoms with Crippen molar-refractivity contribution in [1.82, 2.24) is 10.3 Å². The summed E-state index contributed by atoms with van der Waals surface area (Å²) < 4.78 is 5.61. The summed E-state index contributed by atoms with van der Waals surface area (Å²) in [5.74, 6) is 1.34. The second kappa shape index (κ2) is 4.62. The molecule has 14 heavy (non-hydrogen) atoms. The maximum Gasteiger partial charge on any atom is 0.141 e. The number of aromatic nitrogens is 1. The highest BCUT2D eigenvalue weighted by molar-refractivity contribution is 6.31. The Hall–Kier alpha value is -0.800. The Morgan fingerprint density at radius 2 is 2.57 bits per heavy atom. The average molecular weight is 213 g/mol. The van der Waals surface area contributed by atoms with Crippen molar-refractivity contribution in [2.75, 3.05) is 19.7 Å². The second-order valence-corrected chi connectivity index (χ2v) is 3.88. The predicted octanol–water partition coefficient (Wildman–Crippen LogP) is 1.72. The van der Waals surface area contributed by atoms with Crippen LogP contribution in [0.3, 0.4) is 0 Å². The van der Waals surface area contributed by atoms with Crippen LogP contribution in [0, 0.1) is 5.92 Å². The standard InChI is InChI=1S/C10H13ClN2O/c11-9-6-13-4-2-10(9)14-7-8-1-3-12-5-8/h2,4,6,8,12H,1,3,5,7H2. The maximum absolute atomic E-state index is 5.91. The number of rotatable bonds is 3. The molecule has 2 rings (SSSR count). The minimum Gasteiger partial charge on any atom is -0.492 e. The molecular weight excluding hydrogens is 200 g/mol. The molecule has 0 spiro atoms. The second-order valence-electron chi connectivity index (χ2n) is 3.48. The molecule has 0 radical (unpaired) electrons. The van der Waals surface area contributed by atoms with E-state index in [-0.39, 0.29) is 0 Å². The summed E-state index contributed by atoms with van der Waals surface area (Å²) in [5, 5.41) is 3.88. The van der Waals surface area contributed by atoms with Crippen molar-refractivity contribution >= 4 is 11.6 Å².